The van der Waals surface area contributed by atoms with Crippen molar-refractivity contribution in [2.24, 2.45) is 7.05 Å². The van der Waals surface area contributed by atoms with Crippen LogP contribution in [0.4, 0.5) is 13.2 Å². The van der Waals surface area contributed by atoms with Crippen molar-refractivity contribution in [2.75, 3.05) is 0 Å². The largest absolute Gasteiger partial charge is 0.417 e. The maximum Gasteiger partial charge on any atom is 0.417 e. The van der Waals surface area contributed by atoms with Crippen LogP contribution in [0.3, 0.4) is 0 Å². The van der Waals surface area contributed by atoms with Crippen molar-refractivity contribution in [1.29, 1.82) is 0 Å². The summed E-state index contributed by atoms with van der Waals surface area (Å²) >= 11 is 0. The molecule has 0 bridgehead atoms. The molecule has 3 aromatic rings. The highest BCUT2D eigenvalue weighted by Crippen LogP contribution is 2.38. The Kier molecular flexibility index (Phi) is 5.60. The number of pyridine rings is 1. The van der Waals surface area contributed by atoms with Gasteiger partial charge in [-0.3, -0.25) is 18.8 Å². The van der Waals surface area contributed by atoms with E-state index in [1.807, 2.05) is 0 Å². The number of aromatic nitrogens is 3. The Bertz CT molecular complexity index is 1160. The van der Waals surface area contributed by atoms with Gasteiger partial charge in [0.25, 0.3) is 5.56 Å². The average molecular weight is 432 g/mol. The van der Waals surface area contributed by atoms with Crippen LogP contribution in [0.25, 0.3) is 22.3 Å². The van der Waals surface area contributed by atoms with Gasteiger partial charge in [0.05, 0.1) is 10.9 Å². The van der Waals surface area contributed by atoms with Crippen LogP contribution < -0.4 is 10.9 Å². The first-order valence-electron chi connectivity index (χ1n) is 10.3. The van der Waals surface area contributed by atoms with Crippen LogP contribution in [0, 0.1) is 0 Å². The van der Waals surface area contributed by atoms with Crippen molar-refractivity contribution >= 4 is 16.9 Å². The minimum Gasteiger partial charge on any atom is -0.352 e. The molecule has 2 aromatic heterocycles. The molecule has 1 fully saturated rings. The van der Waals surface area contributed by atoms with Crippen molar-refractivity contribution in [1.82, 2.24) is 19.7 Å². The van der Waals surface area contributed by atoms with E-state index < -0.39 is 23.2 Å². The van der Waals surface area contributed by atoms with E-state index in [-0.39, 0.29) is 29.3 Å². The SMILES string of the molecule is Cn1nc(-c2ccccc2)c2c(C(F)(F)F)cc(=O)n(CC(=O)NC3CCCCC3)c21. The smallest absolute Gasteiger partial charge is 0.352 e. The van der Waals surface area contributed by atoms with Gasteiger partial charge in [-0.15, -0.1) is 0 Å². The van der Waals surface area contributed by atoms with Gasteiger partial charge in [0, 0.05) is 24.7 Å². The number of nitrogens with zero attached hydrogens (tertiary/aromatic N) is 3. The molecule has 0 aliphatic heterocycles. The van der Waals surface area contributed by atoms with Crippen molar-refractivity contribution in [3.05, 3.63) is 52.3 Å². The van der Waals surface area contributed by atoms with E-state index in [1.165, 1.54) is 11.7 Å². The number of rotatable bonds is 4. The first-order chi connectivity index (χ1) is 14.8. The van der Waals surface area contributed by atoms with Gasteiger partial charge < -0.3 is 5.32 Å². The minimum atomic E-state index is -4.74. The number of carbonyl (C=O) groups is 1. The summed E-state index contributed by atoms with van der Waals surface area (Å²) in [6.45, 7) is -0.363. The van der Waals surface area contributed by atoms with Crippen LogP contribution >= 0.6 is 0 Å². The van der Waals surface area contributed by atoms with E-state index in [4.69, 9.17) is 0 Å². The van der Waals surface area contributed by atoms with Gasteiger partial charge in [-0.25, -0.2) is 0 Å². The lowest BCUT2D eigenvalue weighted by molar-refractivity contribution is -0.136. The summed E-state index contributed by atoms with van der Waals surface area (Å²) in [4.78, 5) is 25.3. The normalized spacial score (nSPS) is 15.4. The van der Waals surface area contributed by atoms with E-state index in [0.29, 0.717) is 11.6 Å². The fourth-order valence-electron chi connectivity index (χ4n) is 4.29. The topological polar surface area (TPSA) is 68.9 Å². The number of carbonyl (C=O) groups excluding carboxylic acids is 1. The highest BCUT2D eigenvalue weighted by molar-refractivity contribution is 5.95. The van der Waals surface area contributed by atoms with Crippen LogP contribution in [-0.2, 0) is 24.6 Å². The number of fused-ring (bicyclic) bond motifs is 1. The number of aryl methyl sites for hydroxylation is 1. The van der Waals surface area contributed by atoms with Crippen LogP contribution in [0.1, 0.15) is 37.7 Å². The molecule has 1 amide bonds. The Hall–Kier alpha value is -3.10. The van der Waals surface area contributed by atoms with Crippen molar-refractivity contribution in [3.8, 4) is 11.3 Å². The molecule has 0 radical (unpaired) electrons. The van der Waals surface area contributed by atoms with E-state index in [9.17, 15) is 22.8 Å². The second kappa shape index (κ2) is 8.20. The third-order valence-corrected chi connectivity index (χ3v) is 5.70. The predicted octanol–water partition coefficient (Wildman–Crippen LogP) is 3.87. The first-order valence-corrected chi connectivity index (χ1v) is 10.3. The quantitative estimate of drug-likeness (QED) is 0.681. The van der Waals surface area contributed by atoms with E-state index >= 15 is 0 Å². The van der Waals surface area contributed by atoms with Gasteiger partial charge in [-0.05, 0) is 12.8 Å². The number of hydrogen-bond donors (Lipinski definition) is 1. The van der Waals surface area contributed by atoms with E-state index in [0.717, 1.165) is 36.7 Å². The van der Waals surface area contributed by atoms with Crippen molar-refractivity contribution < 1.29 is 18.0 Å². The van der Waals surface area contributed by atoms with E-state index in [2.05, 4.69) is 10.4 Å². The molecule has 6 nitrogen and oxygen atoms in total. The molecule has 1 aliphatic carbocycles. The Morgan fingerprint density at radius 3 is 2.48 bits per heavy atom. The summed E-state index contributed by atoms with van der Waals surface area (Å²) in [6, 6.07) is 9.08. The molecule has 164 valence electrons. The fourth-order valence-corrected chi connectivity index (χ4v) is 4.29. The Labute approximate surface area is 176 Å². The third kappa shape index (κ3) is 4.22. The molecule has 31 heavy (non-hydrogen) atoms. The second-order valence-electron chi connectivity index (χ2n) is 7.92. The molecule has 1 N–H and O–H groups in total. The molecule has 1 aliphatic rings. The van der Waals surface area contributed by atoms with Gasteiger partial charge >= 0.3 is 6.18 Å². The maximum atomic E-state index is 13.8. The molecular weight excluding hydrogens is 409 g/mol. The van der Waals surface area contributed by atoms with Gasteiger partial charge in [0.2, 0.25) is 5.91 Å². The minimum absolute atomic E-state index is 0.0301. The summed E-state index contributed by atoms with van der Waals surface area (Å²) in [6.07, 6.45) is 0.172. The van der Waals surface area contributed by atoms with Crippen LogP contribution in [0.2, 0.25) is 0 Å². The zero-order chi connectivity index (χ0) is 22.2. The standard InChI is InChI=1S/C22H23F3N4O2/c1-28-21-19(20(27-28)14-8-4-2-5-9-14)16(22(23,24)25)12-18(31)29(21)13-17(30)26-15-10-6-3-7-11-15/h2,4-5,8-9,12,15H,3,6-7,10-11,13H2,1H3,(H,26,30). The molecular formula is C22H23F3N4O2. The molecule has 0 saturated heterocycles. The number of halogens is 3. The summed E-state index contributed by atoms with van der Waals surface area (Å²) < 4.78 is 43.8. The van der Waals surface area contributed by atoms with Gasteiger partial charge in [0.1, 0.15) is 17.9 Å². The van der Waals surface area contributed by atoms with Gasteiger partial charge in [-0.2, -0.15) is 18.3 Å². The molecule has 2 heterocycles. The zero-order valence-corrected chi connectivity index (χ0v) is 17.1. The molecule has 0 unspecified atom stereocenters. The number of alkyl halides is 3. The van der Waals surface area contributed by atoms with Gasteiger partial charge in [0.15, 0.2) is 0 Å². The Morgan fingerprint density at radius 1 is 1.16 bits per heavy atom. The van der Waals surface area contributed by atoms with E-state index in [1.54, 1.807) is 30.3 Å². The van der Waals surface area contributed by atoms with Crippen LogP contribution in [0.5, 0.6) is 0 Å². The zero-order valence-electron chi connectivity index (χ0n) is 17.1. The average Bonchev–Trinajstić information content (AvgIpc) is 3.07. The molecule has 9 heteroatoms. The first kappa shape index (κ1) is 21.1. The monoisotopic (exact) mass is 432 g/mol. The fraction of sp³-hybridized carbons (Fsp3) is 0.409. The number of nitrogens with one attached hydrogen (secondary N) is 1. The molecule has 4 rings (SSSR count). The lowest BCUT2D eigenvalue weighted by atomic mass is 9.95. The Balaban J connectivity index is 1.83. The lowest BCUT2D eigenvalue weighted by Crippen LogP contribution is -2.40. The summed E-state index contributed by atoms with van der Waals surface area (Å²) in [5.74, 6) is -0.391. The van der Waals surface area contributed by atoms with Crippen LogP contribution in [-0.4, -0.2) is 26.3 Å². The summed E-state index contributed by atoms with van der Waals surface area (Å²) in [7, 11) is 1.48. The number of amides is 1. The van der Waals surface area contributed by atoms with Crippen molar-refractivity contribution in [2.45, 2.75) is 50.9 Å². The Morgan fingerprint density at radius 2 is 1.84 bits per heavy atom. The number of benzene rings is 1. The molecule has 0 atom stereocenters. The molecule has 0 spiro atoms. The summed E-state index contributed by atoms with van der Waals surface area (Å²) in [5, 5.41) is 7.01. The third-order valence-electron chi connectivity index (χ3n) is 5.70. The van der Waals surface area contributed by atoms with Gasteiger partial charge in [-0.1, -0.05) is 49.6 Å². The highest BCUT2D eigenvalue weighted by Gasteiger charge is 2.37. The predicted molar refractivity (Wildman–Crippen MR) is 110 cm³/mol. The second-order valence-corrected chi connectivity index (χ2v) is 7.92. The maximum absolute atomic E-state index is 13.8. The molecule has 1 saturated carbocycles. The van der Waals surface area contributed by atoms with Crippen LogP contribution in [0.15, 0.2) is 41.2 Å². The number of hydrogen-bond acceptors (Lipinski definition) is 3. The van der Waals surface area contributed by atoms with Crippen molar-refractivity contribution in [3.63, 3.8) is 0 Å². The molecule has 1 aromatic carbocycles. The summed E-state index contributed by atoms with van der Waals surface area (Å²) in [5.41, 5.74) is -1.36. The highest BCUT2D eigenvalue weighted by atomic mass is 19.4. The lowest BCUT2D eigenvalue weighted by Gasteiger charge is -2.23.